The van der Waals surface area contributed by atoms with Gasteiger partial charge in [-0.3, -0.25) is 9.59 Å². The molecule has 35 heavy (non-hydrogen) atoms. The lowest BCUT2D eigenvalue weighted by atomic mass is 9.83. The quantitative estimate of drug-likeness (QED) is 0.626. The molecule has 5 rings (SSSR count). The second kappa shape index (κ2) is 11.2. The Bertz CT molecular complexity index is 869. The summed E-state index contributed by atoms with van der Waals surface area (Å²) in [5.41, 5.74) is 0. The summed E-state index contributed by atoms with van der Waals surface area (Å²) in [6, 6.07) is -0.294. The van der Waals surface area contributed by atoms with Gasteiger partial charge < -0.3 is 24.6 Å². The number of likely N-dealkylation sites (tertiary alicyclic amines) is 1. The van der Waals surface area contributed by atoms with Crippen molar-refractivity contribution in [3.63, 3.8) is 0 Å². The zero-order valence-corrected chi connectivity index (χ0v) is 20.2. The molecular weight excluding hydrogens is 453 g/mol. The molecule has 192 valence electrons. The van der Waals surface area contributed by atoms with Gasteiger partial charge in [-0.15, -0.1) is 0 Å². The van der Waals surface area contributed by atoms with Gasteiger partial charge in [-0.25, -0.2) is 14.4 Å². The summed E-state index contributed by atoms with van der Waals surface area (Å²) in [6.07, 6.45) is 10.1. The number of hydrogen-bond acceptors (Lipinski definition) is 7. The molecule has 0 spiro atoms. The van der Waals surface area contributed by atoms with Gasteiger partial charge in [0.15, 0.2) is 5.82 Å². The van der Waals surface area contributed by atoms with Gasteiger partial charge in [0.1, 0.15) is 6.10 Å². The summed E-state index contributed by atoms with van der Waals surface area (Å²) >= 11 is 0. The largest absolute Gasteiger partial charge is 0.376 e. The monoisotopic (exact) mass is 489 g/mol. The van der Waals surface area contributed by atoms with Crippen LogP contribution in [0.25, 0.3) is 0 Å². The topological polar surface area (TPSA) is 96.9 Å². The fraction of sp³-hybridized carbons (Fsp3) is 0.760. The fourth-order valence-corrected chi connectivity index (χ4v) is 5.58. The number of ether oxygens (including phenoxy) is 2. The van der Waals surface area contributed by atoms with Crippen LogP contribution < -0.4 is 10.2 Å². The number of anilines is 1. The van der Waals surface area contributed by atoms with Crippen molar-refractivity contribution in [1.82, 2.24) is 20.2 Å². The van der Waals surface area contributed by atoms with Crippen LogP contribution in [-0.4, -0.2) is 83.8 Å². The lowest BCUT2D eigenvalue weighted by Gasteiger charge is -2.44. The Balaban J connectivity index is 1.19. The molecule has 2 amide bonds. The highest BCUT2D eigenvalue weighted by atomic mass is 19.1. The Labute approximate surface area is 205 Å². The molecule has 1 aromatic heterocycles. The highest BCUT2D eigenvalue weighted by Gasteiger charge is 2.40. The minimum Gasteiger partial charge on any atom is -0.376 e. The first-order chi connectivity index (χ1) is 17.1. The van der Waals surface area contributed by atoms with Crippen molar-refractivity contribution < 1.29 is 23.5 Å². The Morgan fingerprint density at radius 3 is 2.46 bits per heavy atom. The summed E-state index contributed by atoms with van der Waals surface area (Å²) in [7, 11) is 0. The second-order valence-electron chi connectivity index (χ2n) is 10.2. The van der Waals surface area contributed by atoms with Gasteiger partial charge in [0.05, 0.1) is 37.2 Å². The molecule has 4 aliphatic rings. The molecule has 3 saturated heterocycles. The Morgan fingerprint density at radius 1 is 1.03 bits per heavy atom. The number of piperidine rings is 2. The zero-order chi connectivity index (χ0) is 24.2. The summed E-state index contributed by atoms with van der Waals surface area (Å²) < 4.78 is 25.1. The van der Waals surface area contributed by atoms with Crippen molar-refractivity contribution in [3.05, 3.63) is 18.2 Å². The Kier molecular flexibility index (Phi) is 7.77. The van der Waals surface area contributed by atoms with Crippen molar-refractivity contribution >= 4 is 17.8 Å². The van der Waals surface area contributed by atoms with E-state index in [1.165, 1.54) is 12.4 Å². The molecule has 0 bridgehead atoms. The maximum atomic E-state index is 13.2. The number of nitrogens with one attached hydrogen (secondary N) is 1. The van der Waals surface area contributed by atoms with Crippen LogP contribution in [0.5, 0.6) is 0 Å². The van der Waals surface area contributed by atoms with E-state index in [2.05, 4.69) is 15.3 Å². The number of carbonyl (C=O) groups excluding carboxylic acids is 2. The van der Waals surface area contributed by atoms with Gasteiger partial charge in [-0.2, -0.15) is 0 Å². The summed E-state index contributed by atoms with van der Waals surface area (Å²) in [4.78, 5) is 38.2. The van der Waals surface area contributed by atoms with Crippen molar-refractivity contribution in [3.8, 4) is 0 Å². The molecule has 3 aliphatic heterocycles. The highest BCUT2D eigenvalue weighted by Crippen LogP contribution is 2.31. The predicted molar refractivity (Wildman–Crippen MR) is 126 cm³/mol. The lowest BCUT2D eigenvalue weighted by molar-refractivity contribution is -0.147. The molecular formula is C25H36FN5O4. The maximum Gasteiger partial charge on any atom is 0.249 e. The van der Waals surface area contributed by atoms with E-state index in [4.69, 9.17) is 9.47 Å². The third-order valence-electron chi connectivity index (χ3n) is 7.90. The molecule has 1 unspecified atom stereocenters. The molecule has 1 saturated carbocycles. The average Bonchev–Trinajstić information content (AvgIpc) is 3.38. The third-order valence-corrected chi connectivity index (χ3v) is 7.90. The average molecular weight is 490 g/mol. The van der Waals surface area contributed by atoms with Crippen molar-refractivity contribution in [1.29, 1.82) is 0 Å². The van der Waals surface area contributed by atoms with Gasteiger partial charge in [0.2, 0.25) is 17.8 Å². The molecule has 0 radical (unpaired) electrons. The van der Waals surface area contributed by atoms with Crippen LogP contribution >= 0.6 is 0 Å². The van der Waals surface area contributed by atoms with Crippen LogP contribution in [-0.2, 0) is 19.1 Å². The van der Waals surface area contributed by atoms with E-state index < -0.39 is 5.82 Å². The van der Waals surface area contributed by atoms with Crippen LogP contribution in [0.15, 0.2) is 12.4 Å². The van der Waals surface area contributed by atoms with E-state index in [0.717, 1.165) is 77.4 Å². The first-order valence-corrected chi connectivity index (χ1v) is 13.1. The highest BCUT2D eigenvalue weighted by molar-refractivity contribution is 5.82. The number of rotatable bonds is 7. The molecule has 9 nitrogen and oxygen atoms in total. The summed E-state index contributed by atoms with van der Waals surface area (Å²) in [6.45, 7) is 3.21. The van der Waals surface area contributed by atoms with Gasteiger partial charge in [-0.05, 0) is 51.4 Å². The number of aromatic nitrogens is 2. The first kappa shape index (κ1) is 24.4. The minimum absolute atomic E-state index is 0.0591. The van der Waals surface area contributed by atoms with Gasteiger partial charge in [0, 0.05) is 32.2 Å². The second-order valence-corrected chi connectivity index (χ2v) is 10.2. The normalized spacial score (nSPS) is 28.1. The van der Waals surface area contributed by atoms with Gasteiger partial charge >= 0.3 is 0 Å². The van der Waals surface area contributed by atoms with E-state index in [1.807, 2.05) is 9.80 Å². The minimum atomic E-state index is -0.443. The zero-order valence-electron chi connectivity index (χ0n) is 20.2. The molecule has 0 aromatic carbocycles. The van der Waals surface area contributed by atoms with Crippen molar-refractivity contribution in [2.45, 2.75) is 82.1 Å². The van der Waals surface area contributed by atoms with E-state index in [-0.39, 0.29) is 42.0 Å². The van der Waals surface area contributed by atoms with E-state index in [9.17, 15) is 14.0 Å². The number of carbonyl (C=O) groups is 2. The van der Waals surface area contributed by atoms with Crippen LogP contribution in [0, 0.1) is 11.7 Å². The lowest BCUT2D eigenvalue weighted by Crippen LogP contribution is -2.61. The summed E-state index contributed by atoms with van der Waals surface area (Å²) in [5, 5.41) is 3.20. The first-order valence-electron chi connectivity index (χ1n) is 13.1. The van der Waals surface area contributed by atoms with Gasteiger partial charge in [0.25, 0.3) is 0 Å². The van der Waals surface area contributed by atoms with Crippen molar-refractivity contribution in [2.75, 3.05) is 37.7 Å². The van der Waals surface area contributed by atoms with Crippen LogP contribution in [0.1, 0.15) is 57.8 Å². The molecule has 1 aliphatic carbocycles. The molecule has 1 N–H and O–H groups in total. The summed E-state index contributed by atoms with van der Waals surface area (Å²) in [5.74, 6) is 0.351. The number of hydrogen-bond donors (Lipinski definition) is 1. The van der Waals surface area contributed by atoms with E-state index in [0.29, 0.717) is 19.2 Å². The standard InChI is InChI=1S/C25H36FN5O4/c26-18-14-27-25(28-15-18)30-11-8-19(9-12-30)35-16-21-20(29-23(32)22-7-3-13-34-22)6-2-10-31(21)24(33)17-4-1-5-17/h14-15,17,19-22H,1-13,16H2,(H,29,32)/t20-,21-,22?/m0/s1. The SMILES string of the molecule is O=C(N[C@H]1CCCN(C(=O)C2CCC2)[C@H]1COC1CCN(c2ncc(F)cn2)CC1)C1CCCO1. The molecule has 1 aromatic rings. The number of halogens is 1. The van der Waals surface area contributed by atoms with Crippen LogP contribution in [0.3, 0.4) is 0 Å². The Hall–Kier alpha value is -2.33. The van der Waals surface area contributed by atoms with Crippen molar-refractivity contribution in [2.24, 2.45) is 5.92 Å². The number of amides is 2. The van der Waals surface area contributed by atoms with Gasteiger partial charge in [-0.1, -0.05) is 6.42 Å². The maximum absolute atomic E-state index is 13.2. The van der Waals surface area contributed by atoms with E-state index >= 15 is 0 Å². The molecule has 10 heteroatoms. The Morgan fingerprint density at radius 2 is 1.80 bits per heavy atom. The predicted octanol–water partition coefficient (Wildman–Crippen LogP) is 2.06. The third kappa shape index (κ3) is 5.74. The molecule has 4 heterocycles. The van der Waals surface area contributed by atoms with Crippen LogP contribution in [0.4, 0.5) is 10.3 Å². The fourth-order valence-electron chi connectivity index (χ4n) is 5.58. The van der Waals surface area contributed by atoms with E-state index in [1.54, 1.807) is 0 Å². The molecule has 3 atom stereocenters. The molecule has 4 fully saturated rings. The number of nitrogens with zero attached hydrogens (tertiary/aromatic N) is 4. The smallest absolute Gasteiger partial charge is 0.249 e. The van der Waals surface area contributed by atoms with Crippen LogP contribution in [0.2, 0.25) is 0 Å².